The minimum atomic E-state index is -0.372. The molecule has 0 fully saturated rings. The number of ether oxygens (including phenoxy) is 1. The van der Waals surface area contributed by atoms with Gasteiger partial charge >= 0.3 is 0 Å². The van der Waals surface area contributed by atoms with Gasteiger partial charge in [0.2, 0.25) is 0 Å². The van der Waals surface area contributed by atoms with E-state index in [4.69, 9.17) is 21.9 Å². The van der Waals surface area contributed by atoms with E-state index in [0.29, 0.717) is 33.6 Å². The number of pyridine rings is 1. The molecule has 0 aliphatic rings. The SMILES string of the molecule is Cc1nn(-c2ccccc2)c2ncc(-c3nc(N)c(N)c(N)n3)c(OCc3ccccc3F)c12. The Morgan fingerprint density at radius 1 is 0.941 bits per heavy atom. The summed E-state index contributed by atoms with van der Waals surface area (Å²) in [4.78, 5) is 13.2. The average Bonchev–Trinajstić information content (AvgIpc) is 3.19. The van der Waals surface area contributed by atoms with Gasteiger partial charge in [0.05, 0.1) is 22.3 Å². The van der Waals surface area contributed by atoms with Gasteiger partial charge in [0.15, 0.2) is 23.1 Å². The second kappa shape index (κ2) is 8.32. The highest BCUT2D eigenvalue weighted by atomic mass is 19.1. The second-order valence-corrected chi connectivity index (χ2v) is 7.64. The normalized spacial score (nSPS) is 11.1. The Labute approximate surface area is 194 Å². The predicted molar refractivity (Wildman–Crippen MR) is 129 cm³/mol. The number of nitrogens with two attached hydrogens (primary N) is 3. The lowest BCUT2D eigenvalue weighted by molar-refractivity contribution is 0.304. The first-order chi connectivity index (χ1) is 16.4. The van der Waals surface area contributed by atoms with E-state index in [9.17, 15) is 4.39 Å². The summed E-state index contributed by atoms with van der Waals surface area (Å²) in [6.45, 7) is 1.81. The lowest BCUT2D eigenvalue weighted by Gasteiger charge is -2.14. The number of anilines is 3. The first-order valence-electron chi connectivity index (χ1n) is 10.4. The smallest absolute Gasteiger partial charge is 0.169 e. The van der Waals surface area contributed by atoms with Gasteiger partial charge in [0.25, 0.3) is 0 Å². The molecule has 5 rings (SSSR count). The molecule has 0 aliphatic heterocycles. The van der Waals surface area contributed by atoms with Crippen LogP contribution in [0.25, 0.3) is 28.1 Å². The number of fused-ring (bicyclic) bond motifs is 1. The number of aryl methyl sites for hydroxylation is 1. The summed E-state index contributed by atoms with van der Waals surface area (Å²) in [5.41, 5.74) is 20.7. The molecule has 0 aliphatic carbocycles. The van der Waals surface area contributed by atoms with E-state index >= 15 is 0 Å². The highest BCUT2D eigenvalue weighted by Gasteiger charge is 2.22. The summed E-state index contributed by atoms with van der Waals surface area (Å²) in [6.07, 6.45) is 1.56. The molecule has 6 N–H and O–H groups in total. The van der Waals surface area contributed by atoms with Crippen LogP contribution in [0.1, 0.15) is 11.3 Å². The zero-order chi connectivity index (χ0) is 23.8. The van der Waals surface area contributed by atoms with Crippen molar-refractivity contribution >= 4 is 28.4 Å². The number of hydrogen-bond acceptors (Lipinski definition) is 8. The molecule has 0 amide bonds. The van der Waals surface area contributed by atoms with Crippen molar-refractivity contribution in [2.75, 3.05) is 17.2 Å². The number of hydrogen-bond donors (Lipinski definition) is 3. The summed E-state index contributed by atoms with van der Waals surface area (Å²) < 4.78 is 22.2. The van der Waals surface area contributed by atoms with Gasteiger partial charge in [-0.1, -0.05) is 36.4 Å². The van der Waals surface area contributed by atoms with Crippen molar-refractivity contribution in [3.63, 3.8) is 0 Å². The molecule has 3 aromatic heterocycles. The zero-order valence-electron chi connectivity index (χ0n) is 18.2. The van der Waals surface area contributed by atoms with Crippen LogP contribution in [0, 0.1) is 12.7 Å². The average molecular weight is 456 g/mol. The van der Waals surface area contributed by atoms with Crippen molar-refractivity contribution in [1.82, 2.24) is 24.7 Å². The van der Waals surface area contributed by atoms with E-state index in [0.717, 1.165) is 5.69 Å². The summed E-state index contributed by atoms with van der Waals surface area (Å²) >= 11 is 0. The van der Waals surface area contributed by atoms with Gasteiger partial charge in [-0.25, -0.2) is 24.0 Å². The van der Waals surface area contributed by atoms with Gasteiger partial charge in [-0.05, 0) is 25.1 Å². The van der Waals surface area contributed by atoms with Crippen LogP contribution in [0.4, 0.5) is 21.7 Å². The molecule has 170 valence electrons. The third-order valence-electron chi connectivity index (χ3n) is 5.40. The van der Waals surface area contributed by atoms with E-state index < -0.39 is 0 Å². The number of para-hydroxylation sites is 1. The van der Waals surface area contributed by atoms with Crippen molar-refractivity contribution in [3.05, 3.63) is 77.9 Å². The first-order valence-corrected chi connectivity index (χ1v) is 10.4. The monoisotopic (exact) mass is 456 g/mol. The van der Waals surface area contributed by atoms with Gasteiger partial charge < -0.3 is 21.9 Å². The largest absolute Gasteiger partial charge is 0.487 e. The van der Waals surface area contributed by atoms with Gasteiger partial charge in [-0.3, -0.25) is 0 Å². The van der Waals surface area contributed by atoms with Crippen molar-refractivity contribution in [2.45, 2.75) is 13.5 Å². The van der Waals surface area contributed by atoms with Crippen molar-refractivity contribution in [1.29, 1.82) is 0 Å². The molecule has 0 saturated carbocycles. The van der Waals surface area contributed by atoms with Crippen LogP contribution in [-0.2, 0) is 6.61 Å². The van der Waals surface area contributed by atoms with E-state index in [2.05, 4.69) is 20.1 Å². The number of aromatic nitrogens is 5. The maximum Gasteiger partial charge on any atom is 0.169 e. The van der Waals surface area contributed by atoms with Gasteiger partial charge in [0, 0.05) is 11.8 Å². The molecule has 0 atom stereocenters. The lowest BCUT2D eigenvalue weighted by atomic mass is 10.1. The molecule has 5 aromatic rings. The van der Waals surface area contributed by atoms with Crippen LogP contribution in [0.15, 0.2) is 60.8 Å². The molecule has 10 heteroatoms. The molecule has 0 spiro atoms. The fourth-order valence-electron chi connectivity index (χ4n) is 3.67. The number of nitrogen functional groups attached to an aromatic ring is 3. The van der Waals surface area contributed by atoms with E-state index in [1.54, 1.807) is 29.1 Å². The number of benzene rings is 2. The second-order valence-electron chi connectivity index (χ2n) is 7.64. The predicted octanol–water partition coefficient (Wildman–Crippen LogP) is 3.65. The quantitative estimate of drug-likeness (QED) is 0.363. The summed E-state index contributed by atoms with van der Waals surface area (Å²) in [5.74, 6) is 0.285. The fraction of sp³-hybridized carbons (Fsp3) is 0.0833. The van der Waals surface area contributed by atoms with Crippen molar-refractivity contribution in [3.8, 4) is 22.8 Å². The Morgan fingerprint density at radius 2 is 1.62 bits per heavy atom. The third-order valence-corrected chi connectivity index (χ3v) is 5.40. The Kier molecular flexibility index (Phi) is 5.17. The van der Waals surface area contributed by atoms with Gasteiger partial charge in [0.1, 0.15) is 23.9 Å². The molecule has 0 saturated heterocycles. The van der Waals surface area contributed by atoms with E-state index in [1.165, 1.54) is 6.07 Å². The zero-order valence-corrected chi connectivity index (χ0v) is 18.2. The standard InChI is InChI=1S/C24H21FN8O/c1-13-18-20(34-12-14-7-5-6-10-17(14)25)16(23-30-21(27)19(26)22(28)31-23)11-29-24(18)33(32-13)15-8-3-2-4-9-15/h2-11H,12,26H2,1H3,(H4,27,28,30,31). The minimum Gasteiger partial charge on any atom is -0.487 e. The van der Waals surface area contributed by atoms with Crippen LogP contribution < -0.4 is 21.9 Å². The Bertz CT molecular complexity index is 1490. The molecule has 0 radical (unpaired) electrons. The van der Waals surface area contributed by atoms with Crippen molar-refractivity contribution < 1.29 is 9.13 Å². The topological polar surface area (TPSA) is 144 Å². The van der Waals surface area contributed by atoms with Crippen molar-refractivity contribution in [2.24, 2.45) is 0 Å². The number of nitrogens with zero attached hydrogens (tertiary/aromatic N) is 5. The van der Waals surface area contributed by atoms with Gasteiger partial charge in [-0.2, -0.15) is 5.10 Å². The maximum atomic E-state index is 14.3. The number of rotatable bonds is 5. The Hall–Kier alpha value is -4.73. The van der Waals surface area contributed by atoms with Crippen LogP contribution in [0.3, 0.4) is 0 Å². The summed E-state index contributed by atoms with van der Waals surface area (Å²) in [5, 5.41) is 5.30. The molecular formula is C24H21FN8O. The molecule has 0 unspecified atom stereocenters. The van der Waals surface area contributed by atoms with E-state index in [1.807, 2.05) is 37.3 Å². The molecule has 2 aromatic carbocycles. The Balaban J connectivity index is 1.72. The molecule has 9 nitrogen and oxygen atoms in total. The number of halogens is 1. The molecular weight excluding hydrogens is 435 g/mol. The lowest BCUT2D eigenvalue weighted by Crippen LogP contribution is -2.08. The fourth-order valence-corrected chi connectivity index (χ4v) is 3.67. The first kappa shape index (κ1) is 21.1. The van der Waals surface area contributed by atoms with Gasteiger partial charge in [-0.15, -0.1) is 0 Å². The van der Waals surface area contributed by atoms with Crippen LogP contribution in [0.2, 0.25) is 0 Å². The maximum absolute atomic E-state index is 14.3. The highest BCUT2D eigenvalue weighted by molar-refractivity contribution is 5.92. The minimum absolute atomic E-state index is 0.0331. The van der Waals surface area contributed by atoms with Crippen LogP contribution in [-0.4, -0.2) is 24.7 Å². The van der Waals surface area contributed by atoms with Crippen LogP contribution >= 0.6 is 0 Å². The van der Waals surface area contributed by atoms with Crippen LogP contribution in [0.5, 0.6) is 5.75 Å². The third kappa shape index (κ3) is 3.60. The molecule has 3 heterocycles. The molecule has 0 bridgehead atoms. The summed E-state index contributed by atoms with van der Waals surface area (Å²) in [6, 6.07) is 16.0. The Morgan fingerprint density at radius 3 is 2.32 bits per heavy atom. The summed E-state index contributed by atoms with van der Waals surface area (Å²) in [7, 11) is 0. The van der Waals surface area contributed by atoms with E-state index in [-0.39, 0.29) is 35.6 Å². The highest BCUT2D eigenvalue weighted by Crippen LogP contribution is 2.38. The molecule has 34 heavy (non-hydrogen) atoms.